The molecular formula is C26H28N2O2. The number of likely N-dealkylation sites (tertiary alicyclic amines) is 1. The van der Waals surface area contributed by atoms with E-state index in [4.69, 9.17) is 9.72 Å². The Kier molecular flexibility index (Phi) is 5.84. The quantitative estimate of drug-likeness (QED) is 0.565. The Labute approximate surface area is 178 Å². The highest BCUT2D eigenvalue weighted by molar-refractivity contribution is 5.84. The van der Waals surface area contributed by atoms with Crippen molar-refractivity contribution < 1.29 is 9.53 Å². The maximum atomic E-state index is 13.3. The zero-order valence-electron chi connectivity index (χ0n) is 17.8. The predicted octanol–water partition coefficient (Wildman–Crippen LogP) is 5.53. The van der Waals surface area contributed by atoms with Gasteiger partial charge in [-0.2, -0.15) is 0 Å². The summed E-state index contributed by atoms with van der Waals surface area (Å²) < 4.78 is 5.28. The van der Waals surface area contributed by atoms with Crippen molar-refractivity contribution in [2.75, 3.05) is 13.7 Å². The predicted molar refractivity (Wildman–Crippen MR) is 120 cm³/mol. The topological polar surface area (TPSA) is 42.4 Å². The van der Waals surface area contributed by atoms with E-state index < -0.39 is 0 Å². The molecule has 4 rings (SSSR count). The summed E-state index contributed by atoms with van der Waals surface area (Å²) in [5.74, 6) is 0.864. The number of pyridine rings is 1. The zero-order chi connectivity index (χ0) is 21.1. The average molecular weight is 401 g/mol. The Morgan fingerprint density at radius 2 is 1.80 bits per heavy atom. The Bertz CT molecular complexity index is 1010. The summed E-state index contributed by atoms with van der Waals surface area (Å²) in [5.41, 5.74) is 5.25. The SMILES string of the molecule is COc1ccc(-c2cc(C)nc(C3CCCN3C(=O)C(C)c3ccccc3)c2)cc1. The summed E-state index contributed by atoms with van der Waals surface area (Å²) in [6.07, 6.45) is 1.96. The van der Waals surface area contributed by atoms with Gasteiger partial charge < -0.3 is 9.64 Å². The van der Waals surface area contributed by atoms with Crippen LogP contribution in [0, 0.1) is 6.92 Å². The molecule has 30 heavy (non-hydrogen) atoms. The number of hydrogen-bond donors (Lipinski definition) is 0. The second-order valence-corrected chi connectivity index (χ2v) is 7.97. The van der Waals surface area contributed by atoms with E-state index in [1.807, 2.05) is 61.2 Å². The zero-order valence-corrected chi connectivity index (χ0v) is 17.8. The number of carbonyl (C=O) groups excluding carboxylic acids is 1. The molecule has 1 saturated heterocycles. The van der Waals surface area contributed by atoms with Crippen LogP contribution in [0.15, 0.2) is 66.7 Å². The van der Waals surface area contributed by atoms with Crippen molar-refractivity contribution in [1.82, 2.24) is 9.88 Å². The van der Waals surface area contributed by atoms with E-state index in [2.05, 4.69) is 24.3 Å². The van der Waals surface area contributed by atoms with Crippen LogP contribution in [0.5, 0.6) is 5.75 Å². The van der Waals surface area contributed by atoms with E-state index in [0.717, 1.165) is 53.2 Å². The van der Waals surface area contributed by atoms with Crippen LogP contribution >= 0.6 is 0 Å². The highest BCUT2D eigenvalue weighted by Gasteiger charge is 2.33. The fourth-order valence-electron chi connectivity index (χ4n) is 4.29. The lowest BCUT2D eigenvalue weighted by atomic mass is 9.98. The van der Waals surface area contributed by atoms with Crippen molar-refractivity contribution in [1.29, 1.82) is 0 Å². The number of hydrogen-bond acceptors (Lipinski definition) is 3. The lowest BCUT2D eigenvalue weighted by Crippen LogP contribution is -2.34. The van der Waals surface area contributed by atoms with Gasteiger partial charge in [0.25, 0.3) is 0 Å². The van der Waals surface area contributed by atoms with E-state index in [-0.39, 0.29) is 17.9 Å². The molecule has 2 atom stereocenters. The minimum atomic E-state index is -0.155. The van der Waals surface area contributed by atoms with Gasteiger partial charge in [0.1, 0.15) is 5.75 Å². The van der Waals surface area contributed by atoms with Crippen molar-refractivity contribution >= 4 is 5.91 Å². The van der Waals surface area contributed by atoms with Gasteiger partial charge in [0.2, 0.25) is 5.91 Å². The third-order valence-corrected chi connectivity index (χ3v) is 5.94. The van der Waals surface area contributed by atoms with Gasteiger partial charge in [-0.3, -0.25) is 9.78 Å². The number of nitrogens with zero attached hydrogens (tertiary/aromatic N) is 2. The molecule has 3 aromatic rings. The summed E-state index contributed by atoms with van der Waals surface area (Å²) in [6.45, 7) is 4.80. The maximum absolute atomic E-state index is 13.3. The van der Waals surface area contributed by atoms with Crippen molar-refractivity contribution in [3.8, 4) is 16.9 Å². The molecule has 1 amide bonds. The second kappa shape index (κ2) is 8.70. The van der Waals surface area contributed by atoms with E-state index in [9.17, 15) is 4.79 Å². The molecule has 0 N–H and O–H groups in total. The molecule has 154 valence electrons. The number of benzene rings is 2. The molecule has 4 heteroatoms. The molecule has 0 saturated carbocycles. The van der Waals surface area contributed by atoms with E-state index in [1.165, 1.54) is 0 Å². The second-order valence-electron chi connectivity index (χ2n) is 7.97. The van der Waals surface area contributed by atoms with E-state index in [1.54, 1.807) is 7.11 Å². The fourth-order valence-corrected chi connectivity index (χ4v) is 4.29. The first-order valence-electron chi connectivity index (χ1n) is 10.6. The maximum Gasteiger partial charge on any atom is 0.230 e. The van der Waals surface area contributed by atoms with Crippen LogP contribution in [-0.2, 0) is 4.79 Å². The Morgan fingerprint density at radius 3 is 2.50 bits per heavy atom. The minimum absolute atomic E-state index is 0.0283. The first kappa shape index (κ1) is 20.1. The smallest absolute Gasteiger partial charge is 0.230 e. The van der Waals surface area contributed by atoms with E-state index >= 15 is 0 Å². The third kappa shape index (κ3) is 4.09. The van der Waals surface area contributed by atoms with Crippen molar-refractivity contribution in [2.45, 2.75) is 38.6 Å². The van der Waals surface area contributed by atoms with Gasteiger partial charge in [0.15, 0.2) is 0 Å². The summed E-state index contributed by atoms with van der Waals surface area (Å²) in [7, 11) is 1.67. The Hall–Kier alpha value is -3.14. The van der Waals surface area contributed by atoms with Crippen LogP contribution in [-0.4, -0.2) is 29.4 Å². The Morgan fingerprint density at radius 1 is 1.07 bits per heavy atom. The molecule has 1 aliphatic rings. The molecule has 1 aliphatic heterocycles. The van der Waals surface area contributed by atoms with Gasteiger partial charge in [-0.25, -0.2) is 0 Å². The highest BCUT2D eigenvalue weighted by Crippen LogP contribution is 2.35. The van der Waals surface area contributed by atoms with Crippen LogP contribution < -0.4 is 4.74 Å². The minimum Gasteiger partial charge on any atom is -0.497 e. The average Bonchev–Trinajstić information content (AvgIpc) is 3.28. The first-order valence-corrected chi connectivity index (χ1v) is 10.6. The normalized spacial score (nSPS) is 17.0. The van der Waals surface area contributed by atoms with Crippen molar-refractivity contribution in [2.24, 2.45) is 0 Å². The summed E-state index contributed by atoms with van der Waals surface area (Å²) in [4.78, 5) is 20.2. The Balaban J connectivity index is 1.62. The molecule has 4 nitrogen and oxygen atoms in total. The standard InChI is InChI=1S/C26H28N2O2/c1-18-16-22(21-11-13-23(30-3)14-12-21)17-24(27-18)25-10-7-15-28(25)26(29)19(2)20-8-5-4-6-9-20/h4-6,8-9,11-14,16-17,19,25H,7,10,15H2,1-3H3. The van der Waals surface area contributed by atoms with Gasteiger partial charge in [-0.15, -0.1) is 0 Å². The number of aryl methyl sites for hydroxylation is 1. The highest BCUT2D eigenvalue weighted by atomic mass is 16.5. The van der Waals surface area contributed by atoms with Crippen LogP contribution in [0.2, 0.25) is 0 Å². The lowest BCUT2D eigenvalue weighted by molar-refractivity contribution is -0.133. The number of ether oxygens (including phenoxy) is 1. The summed E-state index contributed by atoms with van der Waals surface area (Å²) in [5, 5.41) is 0. The molecule has 0 spiro atoms. The summed E-state index contributed by atoms with van der Waals surface area (Å²) >= 11 is 0. The van der Waals surface area contributed by atoms with Crippen molar-refractivity contribution in [3.05, 3.63) is 83.7 Å². The number of rotatable bonds is 5. The third-order valence-electron chi connectivity index (χ3n) is 5.94. The number of amides is 1. The molecule has 2 heterocycles. The van der Waals surface area contributed by atoms with Crippen LogP contribution in [0.4, 0.5) is 0 Å². The number of aromatic nitrogens is 1. The van der Waals surface area contributed by atoms with Crippen LogP contribution in [0.1, 0.15) is 48.7 Å². The monoisotopic (exact) mass is 400 g/mol. The number of carbonyl (C=O) groups is 1. The van der Waals surface area contributed by atoms with Gasteiger partial charge >= 0.3 is 0 Å². The molecule has 0 bridgehead atoms. The first-order chi connectivity index (χ1) is 14.6. The van der Waals surface area contributed by atoms with Gasteiger partial charge in [0, 0.05) is 12.2 Å². The van der Waals surface area contributed by atoms with Gasteiger partial charge in [0.05, 0.1) is 24.8 Å². The summed E-state index contributed by atoms with van der Waals surface area (Å²) in [6, 6.07) is 22.3. The largest absolute Gasteiger partial charge is 0.497 e. The molecule has 0 aliphatic carbocycles. The molecule has 1 fully saturated rings. The van der Waals surface area contributed by atoms with Gasteiger partial charge in [-0.05, 0) is 67.6 Å². The molecule has 0 radical (unpaired) electrons. The fraction of sp³-hybridized carbons (Fsp3) is 0.308. The molecule has 2 unspecified atom stereocenters. The van der Waals surface area contributed by atoms with E-state index in [0.29, 0.717) is 0 Å². The van der Waals surface area contributed by atoms with Crippen LogP contribution in [0.25, 0.3) is 11.1 Å². The molecular weight excluding hydrogens is 372 g/mol. The van der Waals surface area contributed by atoms with Crippen LogP contribution in [0.3, 0.4) is 0 Å². The lowest BCUT2D eigenvalue weighted by Gasteiger charge is -2.28. The number of methoxy groups -OCH3 is 1. The molecule has 1 aromatic heterocycles. The van der Waals surface area contributed by atoms with Crippen molar-refractivity contribution in [3.63, 3.8) is 0 Å². The molecule has 2 aromatic carbocycles. The van der Waals surface area contributed by atoms with Gasteiger partial charge in [-0.1, -0.05) is 42.5 Å².